The van der Waals surface area contributed by atoms with E-state index in [9.17, 15) is 9.18 Å². The van der Waals surface area contributed by atoms with Gasteiger partial charge in [-0.1, -0.05) is 0 Å². The van der Waals surface area contributed by atoms with Crippen molar-refractivity contribution >= 4 is 17.2 Å². The van der Waals surface area contributed by atoms with Gasteiger partial charge in [-0.25, -0.2) is 5.48 Å². The number of halogens is 1. The van der Waals surface area contributed by atoms with Crippen LogP contribution in [-0.4, -0.2) is 24.2 Å². The van der Waals surface area contributed by atoms with E-state index in [2.05, 4.69) is 4.84 Å². The van der Waals surface area contributed by atoms with Gasteiger partial charge < -0.3 is 5.11 Å². The summed E-state index contributed by atoms with van der Waals surface area (Å²) in [6.07, 6.45) is 0. The lowest BCUT2D eigenvalue weighted by Crippen LogP contribution is -2.25. The van der Waals surface area contributed by atoms with E-state index in [-0.39, 0.29) is 18.8 Å². The van der Waals surface area contributed by atoms with E-state index in [0.29, 0.717) is 0 Å². The number of hydroxylamine groups is 1. The Hall–Kier alpha value is -0.980. The molecule has 0 saturated carbocycles. The second-order valence-electron chi connectivity index (χ2n) is 2.55. The van der Waals surface area contributed by atoms with Crippen molar-refractivity contribution in [2.24, 2.45) is 0 Å². The van der Waals surface area contributed by atoms with Crippen molar-refractivity contribution in [3.63, 3.8) is 0 Å². The van der Waals surface area contributed by atoms with Gasteiger partial charge in [-0.3, -0.25) is 9.63 Å². The summed E-state index contributed by atoms with van der Waals surface area (Å²) in [7, 11) is 0. The van der Waals surface area contributed by atoms with Gasteiger partial charge in [0.25, 0.3) is 5.91 Å². The molecule has 1 heterocycles. The van der Waals surface area contributed by atoms with Gasteiger partial charge in [0, 0.05) is 4.88 Å². The summed E-state index contributed by atoms with van der Waals surface area (Å²) < 4.78 is 13.0. The van der Waals surface area contributed by atoms with Crippen LogP contribution < -0.4 is 5.48 Å². The molecule has 0 aromatic carbocycles. The molecule has 1 amide bonds. The van der Waals surface area contributed by atoms with Crippen molar-refractivity contribution in [3.8, 4) is 0 Å². The van der Waals surface area contributed by atoms with Crippen LogP contribution >= 0.6 is 11.3 Å². The fraction of sp³-hybridized carbons (Fsp3) is 0.375. The predicted molar refractivity (Wildman–Crippen MR) is 49.5 cm³/mol. The molecule has 0 aliphatic heterocycles. The van der Waals surface area contributed by atoms with Crippen molar-refractivity contribution in [1.29, 1.82) is 0 Å². The van der Waals surface area contributed by atoms with E-state index in [1.807, 2.05) is 5.48 Å². The first kappa shape index (κ1) is 11.1. The molecule has 0 radical (unpaired) electrons. The van der Waals surface area contributed by atoms with Crippen LogP contribution in [0.1, 0.15) is 15.2 Å². The molecule has 0 aliphatic carbocycles. The number of carbonyl (C=O) groups is 1. The van der Waals surface area contributed by atoms with Crippen LogP contribution in [0.5, 0.6) is 0 Å². The lowest BCUT2D eigenvalue weighted by atomic mass is 10.3. The van der Waals surface area contributed by atoms with E-state index in [1.54, 1.807) is 6.92 Å². The third-order valence-electron chi connectivity index (χ3n) is 1.41. The summed E-state index contributed by atoms with van der Waals surface area (Å²) in [5.41, 5.74) is 1.99. The van der Waals surface area contributed by atoms with E-state index in [4.69, 9.17) is 5.11 Å². The van der Waals surface area contributed by atoms with Crippen LogP contribution in [0.15, 0.2) is 6.07 Å². The second kappa shape index (κ2) is 5.04. The van der Waals surface area contributed by atoms with Gasteiger partial charge in [0.1, 0.15) is 0 Å². The number of hydrogen-bond acceptors (Lipinski definition) is 4. The largest absolute Gasteiger partial charge is 0.394 e. The van der Waals surface area contributed by atoms with E-state index in [0.717, 1.165) is 16.2 Å². The van der Waals surface area contributed by atoms with Gasteiger partial charge in [-0.2, -0.15) is 4.39 Å². The SMILES string of the molecule is Cc1cc(C(=O)NOCCO)c(F)s1. The van der Waals surface area contributed by atoms with Gasteiger partial charge in [-0.15, -0.1) is 11.3 Å². The highest BCUT2D eigenvalue weighted by molar-refractivity contribution is 7.10. The fourth-order valence-corrected chi connectivity index (χ4v) is 1.58. The van der Waals surface area contributed by atoms with E-state index in [1.165, 1.54) is 6.07 Å². The minimum atomic E-state index is -0.639. The van der Waals surface area contributed by atoms with Gasteiger partial charge in [0.15, 0.2) is 5.13 Å². The maximum Gasteiger partial charge on any atom is 0.278 e. The number of aryl methyl sites for hydroxylation is 1. The molecule has 0 fully saturated rings. The number of nitrogens with one attached hydrogen (secondary N) is 1. The highest BCUT2D eigenvalue weighted by Gasteiger charge is 2.14. The first-order valence-electron chi connectivity index (χ1n) is 3.94. The third-order valence-corrected chi connectivity index (χ3v) is 2.25. The zero-order valence-electron chi connectivity index (χ0n) is 7.54. The minimum absolute atomic E-state index is 0.0174. The van der Waals surface area contributed by atoms with Crippen LogP contribution in [0.2, 0.25) is 0 Å². The van der Waals surface area contributed by atoms with E-state index < -0.39 is 11.0 Å². The van der Waals surface area contributed by atoms with Crippen molar-refractivity contribution in [2.45, 2.75) is 6.92 Å². The lowest BCUT2D eigenvalue weighted by Gasteiger charge is -2.02. The summed E-state index contributed by atoms with van der Waals surface area (Å²) in [5.74, 6) is -0.639. The first-order valence-corrected chi connectivity index (χ1v) is 4.75. The Kier molecular flexibility index (Phi) is 3.99. The molecule has 0 saturated heterocycles. The number of thiophene rings is 1. The molecule has 2 N–H and O–H groups in total. The minimum Gasteiger partial charge on any atom is -0.394 e. The average Bonchev–Trinajstić information content (AvgIpc) is 2.45. The molecule has 14 heavy (non-hydrogen) atoms. The summed E-state index contributed by atoms with van der Waals surface area (Å²) in [6, 6.07) is 1.44. The van der Waals surface area contributed by atoms with Crippen LogP contribution in [0.25, 0.3) is 0 Å². The molecule has 4 nitrogen and oxygen atoms in total. The molecule has 0 unspecified atom stereocenters. The monoisotopic (exact) mass is 219 g/mol. The van der Waals surface area contributed by atoms with Crippen molar-refractivity contribution in [2.75, 3.05) is 13.2 Å². The molecule has 0 atom stereocenters. The molecule has 1 rings (SSSR count). The number of rotatable bonds is 4. The maximum atomic E-state index is 13.0. The number of amides is 1. The van der Waals surface area contributed by atoms with Crippen LogP contribution in [-0.2, 0) is 4.84 Å². The molecule has 1 aromatic heterocycles. The Morgan fingerprint density at radius 3 is 3.00 bits per heavy atom. The summed E-state index contributed by atoms with van der Waals surface area (Å²) in [5, 5.41) is 7.83. The molecule has 0 spiro atoms. The number of aliphatic hydroxyl groups excluding tert-OH is 1. The Balaban J connectivity index is 2.56. The normalized spacial score (nSPS) is 10.2. The zero-order chi connectivity index (χ0) is 10.6. The second-order valence-corrected chi connectivity index (χ2v) is 3.75. The summed E-state index contributed by atoms with van der Waals surface area (Å²) in [6.45, 7) is 1.49. The Bertz CT molecular complexity index is 326. The average molecular weight is 219 g/mol. The topological polar surface area (TPSA) is 58.6 Å². The van der Waals surface area contributed by atoms with Crippen molar-refractivity contribution in [1.82, 2.24) is 5.48 Å². The van der Waals surface area contributed by atoms with Crippen LogP contribution in [0.4, 0.5) is 4.39 Å². The van der Waals surface area contributed by atoms with Gasteiger partial charge in [0.05, 0.1) is 18.8 Å². The number of hydrogen-bond donors (Lipinski definition) is 2. The van der Waals surface area contributed by atoms with Crippen molar-refractivity contribution < 1.29 is 19.1 Å². The standard InChI is InChI=1S/C8H10FNO3S/c1-5-4-6(7(9)14-5)8(12)10-13-3-2-11/h4,11H,2-3H2,1H3,(H,10,12). The highest BCUT2D eigenvalue weighted by Crippen LogP contribution is 2.19. The number of carbonyl (C=O) groups excluding carboxylic acids is 1. The van der Waals surface area contributed by atoms with Gasteiger partial charge >= 0.3 is 0 Å². The zero-order valence-corrected chi connectivity index (χ0v) is 8.36. The van der Waals surface area contributed by atoms with Gasteiger partial charge in [-0.05, 0) is 13.0 Å². The van der Waals surface area contributed by atoms with Crippen LogP contribution in [0, 0.1) is 12.1 Å². The molecule has 0 aliphatic rings. The molecule has 78 valence electrons. The smallest absolute Gasteiger partial charge is 0.278 e. The van der Waals surface area contributed by atoms with Gasteiger partial charge in [0.2, 0.25) is 0 Å². The quantitative estimate of drug-likeness (QED) is 0.583. The Labute approximate surface area is 84.3 Å². The summed E-state index contributed by atoms with van der Waals surface area (Å²) in [4.78, 5) is 16.5. The number of aliphatic hydroxyl groups is 1. The molecule has 0 bridgehead atoms. The first-order chi connectivity index (χ1) is 6.65. The molecular formula is C8H10FNO3S. The molecule has 6 heteroatoms. The maximum absolute atomic E-state index is 13.0. The highest BCUT2D eigenvalue weighted by atomic mass is 32.1. The Morgan fingerprint density at radius 1 is 1.79 bits per heavy atom. The predicted octanol–water partition coefficient (Wildman–Crippen LogP) is 0.849. The fourth-order valence-electron chi connectivity index (χ4n) is 0.858. The molecule has 1 aromatic rings. The third kappa shape index (κ3) is 2.76. The Morgan fingerprint density at radius 2 is 2.50 bits per heavy atom. The van der Waals surface area contributed by atoms with E-state index >= 15 is 0 Å². The lowest BCUT2D eigenvalue weighted by molar-refractivity contribution is 0.0166. The summed E-state index contributed by atoms with van der Waals surface area (Å²) >= 11 is 0.904. The van der Waals surface area contributed by atoms with Crippen LogP contribution in [0.3, 0.4) is 0 Å². The van der Waals surface area contributed by atoms with Crippen molar-refractivity contribution in [3.05, 3.63) is 21.6 Å². The molecular weight excluding hydrogens is 209 g/mol.